The van der Waals surface area contributed by atoms with Crippen LogP contribution >= 0.6 is 0 Å². The van der Waals surface area contributed by atoms with E-state index in [2.05, 4.69) is 0 Å². The second-order valence-electron chi connectivity index (χ2n) is 0.600. The third-order valence-electron chi connectivity index (χ3n) is 0. The fraction of sp³-hybridized carbons (Fsp3) is 0. The zero-order chi connectivity index (χ0) is 4.50. The molecule has 0 bridgehead atoms. The Morgan fingerprint density at radius 1 is 0.889 bits per heavy atom. The minimum absolute atomic E-state index is 0. The topological polar surface area (TPSA) is 112 Å². The van der Waals surface area contributed by atoms with Crippen molar-refractivity contribution >= 4 is 77.8 Å². The molecule has 0 aromatic heterocycles. The van der Waals surface area contributed by atoms with Crippen molar-refractivity contribution in [1.29, 1.82) is 0 Å². The Morgan fingerprint density at radius 3 is 0.889 bits per heavy atom. The summed E-state index contributed by atoms with van der Waals surface area (Å²) in [5.41, 5.74) is 0. The summed E-state index contributed by atoms with van der Waals surface area (Å²) in [4.78, 5) is 29.3. The molecule has 0 atom stereocenters. The first kappa shape index (κ1) is 30.4. The standard InChI is InChI=1S/Al.FH.K.H4O4Si.H2O.4H/c;;;1-5(2,3)4;;;;;/h;1H;;1-4H;1H2;;;;. The summed E-state index contributed by atoms with van der Waals surface area (Å²) >= 11 is 0. The van der Waals surface area contributed by atoms with E-state index in [9.17, 15) is 0 Å². The van der Waals surface area contributed by atoms with Crippen molar-refractivity contribution in [3.8, 4) is 0 Å². The molecule has 0 spiro atoms. The van der Waals surface area contributed by atoms with Crippen LogP contribution in [0.1, 0.15) is 0 Å². The van der Waals surface area contributed by atoms with Crippen LogP contribution in [0.15, 0.2) is 0 Å². The van der Waals surface area contributed by atoms with Crippen molar-refractivity contribution < 1.29 is 29.4 Å². The van der Waals surface area contributed by atoms with E-state index in [1.54, 1.807) is 0 Å². The molecule has 0 amide bonds. The van der Waals surface area contributed by atoms with Crippen molar-refractivity contribution in [3.63, 3.8) is 0 Å². The van der Waals surface area contributed by atoms with Gasteiger partial charge in [-0.05, 0) is 0 Å². The SMILES string of the molecule is F.O.O[Si](O)(O)O.[AlH3].[KH]. The van der Waals surface area contributed by atoms with Gasteiger partial charge in [0.05, 0.1) is 0 Å². The summed E-state index contributed by atoms with van der Waals surface area (Å²) in [5, 5.41) is 0. The number of halogens is 1. The monoisotopic (exact) mass is 204 g/mol. The van der Waals surface area contributed by atoms with Crippen molar-refractivity contribution in [3.05, 3.63) is 0 Å². The molecule has 9 heavy (non-hydrogen) atoms. The van der Waals surface area contributed by atoms with E-state index in [0.717, 1.165) is 0 Å². The second-order valence-corrected chi connectivity index (χ2v) is 1.80. The number of rotatable bonds is 0. The average Bonchev–Trinajstić information content (AvgIpc) is 0.722. The molecular weight excluding hydrogens is 193 g/mol. The molecule has 56 valence electrons. The molecular formula is H11AlFKO5Si. The first-order valence-electron chi connectivity index (χ1n) is 0.894. The predicted octanol–water partition coefficient (Wildman–Crippen LogP) is -5.11. The van der Waals surface area contributed by atoms with E-state index >= 15 is 0 Å². The van der Waals surface area contributed by atoms with Gasteiger partial charge in [0, 0.05) is 0 Å². The van der Waals surface area contributed by atoms with Gasteiger partial charge < -0.3 is 24.7 Å². The maximum absolute atomic E-state index is 7.33. The first-order valence-corrected chi connectivity index (χ1v) is 2.68. The fourth-order valence-corrected chi connectivity index (χ4v) is 0. The van der Waals surface area contributed by atoms with Crippen LogP contribution in [0.4, 0.5) is 4.70 Å². The Balaban J connectivity index is -0.0000000133. The summed E-state index contributed by atoms with van der Waals surface area (Å²) in [6.45, 7) is 0. The molecule has 0 aliphatic rings. The van der Waals surface area contributed by atoms with Gasteiger partial charge in [0.2, 0.25) is 0 Å². The molecule has 0 radical (unpaired) electrons. The van der Waals surface area contributed by atoms with Crippen LogP contribution in [0.2, 0.25) is 0 Å². The first-order chi connectivity index (χ1) is 2.00. The number of hydrogen-bond acceptors (Lipinski definition) is 4. The molecule has 0 saturated carbocycles. The molecule has 0 aliphatic carbocycles. The van der Waals surface area contributed by atoms with Gasteiger partial charge in [-0.3, -0.25) is 4.70 Å². The number of hydrogen-bond donors (Lipinski definition) is 4. The van der Waals surface area contributed by atoms with Gasteiger partial charge in [-0.1, -0.05) is 0 Å². The molecule has 9 heteroatoms. The molecule has 0 fully saturated rings. The summed E-state index contributed by atoms with van der Waals surface area (Å²) in [6, 6.07) is 0. The van der Waals surface area contributed by atoms with Crippen molar-refractivity contribution in [1.82, 2.24) is 0 Å². The van der Waals surface area contributed by atoms with Gasteiger partial charge >= 0.3 is 60.4 Å². The van der Waals surface area contributed by atoms with Crippen LogP contribution in [0.25, 0.3) is 0 Å². The molecule has 0 aromatic carbocycles. The summed E-state index contributed by atoms with van der Waals surface area (Å²) in [6.07, 6.45) is 0. The molecule has 0 heterocycles. The van der Waals surface area contributed by atoms with Gasteiger partial charge in [0.15, 0.2) is 17.4 Å². The van der Waals surface area contributed by atoms with E-state index in [1.165, 1.54) is 0 Å². The Bertz CT molecular complexity index is 32.4. The van der Waals surface area contributed by atoms with Crippen LogP contribution < -0.4 is 0 Å². The third-order valence-corrected chi connectivity index (χ3v) is 0. The summed E-state index contributed by atoms with van der Waals surface area (Å²) < 4.78 is 0. The molecule has 0 rings (SSSR count). The second kappa shape index (κ2) is 12.8. The molecule has 0 saturated heterocycles. The Kier molecular flexibility index (Phi) is 43.1. The predicted molar refractivity (Wildman–Crippen MR) is 37.8 cm³/mol. The third kappa shape index (κ3) is 149. The van der Waals surface area contributed by atoms with Crippen LogP contribution in [0, 0.1) is 0 Å². The zero-order valence-electron chi connectivity index (χ0n) is 3.20. The van der Waals surface area contributed by atoms with E-state index in [-0.39, 0.29) is 78.9 Å². The average molecular weight is 204 g/mol. The molecule has 5 nitrogen and oxygen atoms in total. The Labute approximate surface area is 105 Å². The van der Waals surface area contributed by atoms with Crippen molar-refractivity contribution in [2.75, 3.05) is 0 Å². The van der Waals surface area contributed by atoms with E-state index in [1.807, 2.05) is 0 Å². The maximum atomic E-state index is 7.33. The van der Waals surface area contributed by atoms with Gasteiger partial charge in [-0.2, -0.15) is 0 Å². The van der Waals surface area contributed by atoms with Crippen LogP contribution in [-0.4, -0.2) is 102 Å². The van der Waals surface area contributed by atoms with Crippen LogP contribution in [0.3, 0.4) is 0 Å². The summed E-state index contributed by atoms with van der Waals surface area (Å²) in [7, 11) is -4.61. The minimum atomic E-state index is -4.61. The van der Waals surface area contributed by atoms with Crippen LogP contribution in [0.5, 0.6) is 0 Å². The van der Waals surface area contributed by atoms with Gasteiger partial charge in [0.25, 0.3) is 0 Å². The molecule has 0 unspecified atom stereocenters. The Hall–Kier alpha value is 2.12. The Morgan fingerprint density at radius 2 is 0.889 bits per heavy atom. The van der Waals surface area contributed by atoms with Gasteiger partial charge in [0.1, 0.15) is 0 Å². The van der Waals surface area contributed by atoms with E-state index in [4.69, 9.17) is 19.2 Å². The van der Waals surface area contributed by atoms with Crippen LogP contribution in [-0.2, 0) is 0 Å². The van der Waals surface area contributed by atoms with Gasteiger partial charge in [-0.25, -0.2) is 0 Å². The fourth-order valence-electron chi connectivity index (χ4n) is 0. The zero-order valence-corrected chi connectivity index (χ0v) is 4.20. The normalized spacial score (nSPS) is 6.67. The molecule has 6 N–H and O–H groups in total. The quantitative estimate of drug-likeness (QED) is 0.296. The van der Waals surface area contributed by atoms with Crippen molar-refractivity contribution in [2.45, 2.75) is 0 Å². The van der Waals surface area contributed by atoms with Gasteiger partial charge in [-0.15, -0.1) is 0 Å². The van der Waals surface area contributed by atoms with Crippen molar-refractivity contribution in [2.24, 2.45) is 0 Å². The molecule has 0 aliphatic heterocycles. The van der Waals surface area contributed by atoms with E-state index in [0.29, 0.717) is 0 Å². The van der Waals surface area contributed by atoms with E-state index < -0.39 is 9.05 Å². The summed E-state index contributed by atoms with van der Waals surface area (Å²) in [5.74, 6) is 0. The molecule has 0 aromatic rings.